The molecule has 8 heteroatoms. The van der Waals surface area contributed by atoms with Crippen LogP contribution >= 0.6 is 0 Å². The Hall–Kier alpha value is -3.00. The van der Waals surface area contributed by atoms with Crippen LogP contribution in [0.4, 0.5) is 4.79 Å². The Bertz CT molecular complexity index is 1050. The van der Waals surface area contributed by atoms with Crippen LogP contribution in [0.15, 0.2) is 48.8 Å². The van der Waals surface area contributed by atoms with Gasteiger partial charge in [-0.1, -0.05) is 36.8 Å². The number of amides is 3. The summed E-state index contributed by atoms with van der Waals surface area (Å²) >= 11 is 0. The molecule has 36 heavy (non-hydrogen) atoms. The third-order valence-corrected chi connectivity index (χ3v) is 8.87. The Kier molecular flexibility index (Phi) is 6.97. The summed E-state index contributed by atoms with van der Waals surface area (Å²) in [5.74, 6) is 0.456. The molecule has 3 fully saturated rings. The van der Waals surface area contributed by atoms with Crippen molar-refractivity contribution in [1.29, 1.82) is 0 Å². The molecule has 0 bridgehead atoms. The number of rotatable bonds is 8. The summed E-state index contributed by atoms with van der Waals surface area (Å²) in [6.07, 6.45) is 10.8. The highest BCUT2D eigenvalue weighted by atomic mass is 16.2. The van der Waals surface area contributed by atoms with Crippen LogP contribution in [0, 0.1) is 5.92 Å². The third kappa shape index (κ3) is 4.71. The second-order valence-electron chi connectivity index (χ2n) is 11.1. The zero-order valence-corrected chi connectivity index (χ0v) is 21.5. The fourth-order valence-corrected chi connectivity index (χ4v) is 6.36. The SMILES string of the molecule is CN(C)[C@]1(c2ccccc2)CC[C@]2(CC1)CN(CC(=O)NCc1ccnnc1)C(=O)N2CC1CCC1. The largest absolute Gasteiger partial charge is 0.350 e. The summed E-state index contributed by atoms with van der Waals surface area (Å²) in [6.45, 7) is 1.93. The Morgan fingerprint density at radius 2 is 1.83 bits per heavy atom. The van der Waals surface area contributed by atoms with Crippen molar-refractivity contribution in [3.63, 3.8) is 0 Å². The first-order valence-electron chi connectivity index (χ1n) is 13.2. The summed E-state index contributed by atoms with van der Waals surface area (Å²) in [6, 6.07) is 12.6. The average molecular weight is 491 g/mol. The van der Waals surface area contributed by atoms with E-state index in [1.165, 1.54) is 24.8 Å². The molecule has 1 aromatic heterocycles. The van der Waals surface area contributed by atoms with Gasteiger partial charge in [0, 0.05) is 31.4 Å². The van der Waals surface area contributed by atoms with Crippen molar-refractivity contribution in [2.24, 2.45) is 5.92 Å². The van der Waals surface area contributed by atoms with Gasteiger partial charge in [-0.2, -0.15) is 10.2 Å². The van der Waals surface area contributed by atoms with E-state index >= 15 is 0 Å². The number of nitrogens with zero attached hydrogens (tertiary/aromatic N) is 5. The minimum atomic E-state index is -0.198. The van der Waals surface area contributed by atoms with E-state index in [2.05, 4.69) is 69.7 Å². The molecule has 0 atom stereocenters. The number of benzene rings is 1. The zero-order valence-electron chi connectivity index (χ0n) is 21.5. The molecule has 1 N–H and O–H groups in total. The van der Waals surface area contributed by atoms with Crippen LogP contribution in [0.1, 0.15) is 56.1 Å². The number of hydrogen-bond acceptors (Lipinski definition) is 5. The van der Waals surface area contributed by atoms with E-state index in [1.807, 2.05) is 6.07 Å². The molecule has 5 rings (SSSR count). The van der Waals surface area contributed by atoms with Crippen molar-refractivity contribution in [1.82, 2.24) is 30.2 Å². The van der Waals surface area contributed by atoms with Crippen LogP contribution in [0.5, 0.6) is 0 Å². The third-order valence-electron chi connectivity index (χ3n) is 8.87. The molecule has 2 heterocycles. The van der Waals surface area contributed by atoms with Crippen LogP contribution in [0.2, 0.25) is 0 Å². The van der Waals surface area contributed by atoms with E-state index in [4.69, 9.17) is 0 Å². The van der Waals surface area contributed by atoms with E-state index in [9.17, 15) is 9.59 Å². The van der Waals surface area contributed by atoms with E-state index < -0.39 is 0 Å². The topological polar surface area (TPSA) is 81.7 Å². The lowest BCUT2D eigenvalue weighted by molar-refractivity contribution is -0.121. The molecule has 1 aromatic carbocycles. The van der Waals surface area contributed by atoms with Gasteiger partial charge in [0.15, 0.2) is 0 Å². The van der Waals surface area contributed by atoms with Gasteiger partial charge in [-0.15, -0.1) is 0 Å². The summed E-state index contributed by atoms with van der Waals surface area (Å²) < 4.78 is 0. The van der Waals surface area contributed by atoms with Crippen LogP contribution in [-0.2, 0) is 16.9 Å². The highest BCUT2D eigenvalue weighted by Gasteiger charge is 2.55. The molecule has 1 spiro atoms. The lowest BCUT2D eigenvalue weighted by atomic mass is 9.68. The molecule has 2 aromatic rings. The molecular weight excluding hydrogens is 452 g/mol. The summed E-state index contributed by atoms with van der Waals surface area (Å²) in [4.78, 5) is 32.8. The van der Waals surface area contributed by atoms with Gasteiger partial charge >= 0.3 is 6.03 Å². The molecule has 2 saturated carbocycles. The molecule has 0 unspecified atom stereocenters. The zero-order chi connectivity index (χ0) is 25.2. The number of carbonyl (C=O) groups excluding carboxylic acids is 2. The van der Waals surface area contributed by atoms with Gasteiger partial charge in [0.2, 0.25) is 5.91 Å². The highest BCUT2D eigenvalue weighted by molar-refractivity contribution is 5.86. The normalized spacial score (nSPS) is 26.5. The maximum Gasteiger partial charge on any atom is 0.321 e. The molecule has 192 valence electrons. The number of carbonyl (C=O) groups is 2. The Morgan fingerprint density at radius 3 is 2.44 bits per heavy atom. The molecule has 1 aliphatic heterocycles. The quantitative estimate of drug-likeness (QED) is 0.613. The Balaban J connectivity index is 1.30. The van der Waals surface area contributed by atoms with Gasteiger partial charge in [-0.25, -0.2) is 4.79 Å². The number of nitrogens with one attached hydrogen (secondary N) is 1. The van der Waals surface area contributed by atoms with Gasteiger partial charge in [0.05, 0.1) is 11.7 Å². The molecule has 8 nitrogen and oxygen atoms in total. The predicted molar refractivity (Wildman–Crippen MR) is 138 cm³/mol. The van der Waals surface area contributed by atoms with Gasteiger partial charge in [0.1, 0.15) is 6.54 Å². The van der Waals surface area contributed by atoms with Crippen molar-refractivity contribution in [3.8, 4) is 0 Å². The molecule has 1 saturated heterocycles. The summed E-state index contributed by atoms with van der Waals surface area (Å²) in [5, 5.41) is 10.6. The maximum absolute atomic E-state index is 13.7. The van der Waals surface area contributed by atoms with Crippen molar-refractivity contribution in [3.05, 3.63) is 59.9 Å². The lowest BCUT2D eigenvalue weighted by Gasteiger charge is -2.51. The highest BCUT2D eigenvalue weighted by Crippen LogP contribution is 2.49. The Morgan fingerprint density at radius 1 is 1.08 bits per heavy atom. The van der Waals surface area contributed by atoms with Crippen molar-refractivity contribution in [2.45, 2.75) is 62.6 Å². The van der Waals surface area contributed by atoms with Gasteiger partial charge in [-0.3, -0.25) is 9.69 Å². The van der Waals surface area contributed by atoms with Crippen LogP contribution in [0.3, 0.4) is 0 Å². The second kappa shape index (κ2) is 10.2. The number of urea groups is 1. The summed E-state index contributed by atoms with van der Waals surface area (Å²) in [5.41, 5.74) is 2.01. The molecule has 2 aliphatic carbocycles. The monoisotopic (exact) mass is 490 g/mol. The Labute approximate surface area is 214 Å². The van der Waals surface area contributed by atoms with Gasteiger partial charge < -0.3 is 15.1 Å². The average Bonchev–Trinajstić information content (AvgIpc) is 3.11. The first-order chi connectivity index (χ1) is 17.4. The minimum absolute atomic E-state index is 0.0267. The number of aromatic nitrogens is 2. The van der Waals surface area contributed by atoms with E-state index in [0.29, 0.717) is 19.0 Å². The standard InChI is InChI=1S/C28H38N6O2/c1-32(2)28(24-9-4-3-5-10-24)14-12-27(13-15-28)21-33(26(36)34(27)19-22-7-6-8-22)20-25(35)29-17-23-11-16-30-31-18-23/h3-5,9-11,16,18,22H,6-8,12-15,17,19-21H2,1-2H3,(H,29,35)/t27-,28+. The van der Waals surface area contributed by atoms with Gasteiger partial charge in [-0.05, 0) is 75.7 Å². The minimum Gasteiger partial charge on any atom is -0.350 e. The van der Waals surface area contributed by atoms with E-state index in [1.54, 1.807) is 17.3 Å². The fourth-order valence-electron chi connectivity index (χ4n) is 6.36. The number of hydrogen-bond donors (Lipinski definition) is 1. The van der Waals surface area contributed by atoms with E-state index in [0.717, 1.165) is 37.8 Å². The van der Waals surface area contributed by atoms with Crippen LogP contribution in [0.25, 0.3) is 0 Å². The fraction of sp³-hybridized carbons (Fsp3) is 0.571. The first kappa shape index (κ1) is 24.7. The molecule has 0 radical (unpaired) electrons. The smallest absolute Gasteiger partial charge is 0.321 e. The summed E-state index contributed by atoms with van der Waals surface area (Å²) in [7, 11) is 4.35. The molecular formula is C28H38N6O2. The van der Waals surface area contributed by atoms with Crippen LogP contribution in [-0.4, -0.2) is 76.1 Å². The first-order valence-corrected chi connectivity index (χ1v) is 13.2. The van der Waals surface area contributed by atoms with Crippen LogP contribution < -0.4 is 5.32 Å². The predicted octanol–water partition coefficient (Wildman–Crippen LogP) is 3.40. The second-order valence-corrected chi connectivity index (χ2v) is 11.1. The van der Waals surface area contributed by atoms with E-state index in [-0.39, 0.29) is 29.6 Å². The van der Waals surface area contributed by atoms with Crippen molar-refractivity contribution >= 4 is 11.9 Å². The maximum atomic E-state index is 13.7. The van der Waals surface area contributed by atoms with Crippen molar-refractivity contribution < 1.29 is 9.59 Å². The van der Waals surface area contributed by atoms with Crippen molar-refractivity contribution in [2.75, 3.05) is 33.7 Å². The van der Waals surface area contributed by atoms with Gasteiger partial charge in [0.25, 0.3) is 0 Å². The molecule has 3 aliphatic rings. The lowest BCUT2D eigenvalue weighted by Crippen LogP contribution is -2.56. The molecule has 3 amide bonds.